The molecule has 4 heteroatoms. The number of fused-ring (bicyclic) bond motifs is 3. The molecule has 0 saturated heterocycles. The van der Waals surface area contributed by atoms with Crippen LogP contribution in [0.25, 0.3) is 33.1 Å². The number of pyridine rings is 1. The van der Waals surface area contributed by atoms with E-state index in [4.69, 9.17) is 16.6 Å². The highest BCUT2D eigenvalue weighted by Gasteiger charge is 2.13. The zero-order chi connectivity index (χ0) is 15.3. The van der Waals surface area contributed by atoms with Crippen LogP contribution in [-0.4, -0.2) is 9.55 Å². The summed E-state index contributed by atoms with van der Waals surface area (Å²) < 4.78 is 15.6. The molecule has 2 nitrogen and oxygen atoms in total. The largest absolute Gasteiger partial charge is 0.349 e. The molecule has 0 amide bonds. The lowest BCUT2D eigenvalue weighted by atomic mass is 10.1. The van der Waals surface area contributed by atoms with Crippen molar-refractivity contribution in [2.45, 2.75) is 0 Å². The summed E-state index contributed by atoms with van der Waals surface area (Å²) in [6, 6.07) is 14.3. The second kappa shape index (κ2) is 4.82. The third kappa shape index (κ3) is 1.97. The normalized spacial score (nSPS) is 11.4. The lowest BCUT2D eigenvalue weighted by Crippen LogP contribution is -1.93. The Morgan fingerprint density at radius 1 is 1.00 bits per heavy atom. The van der Waals surface area contributed by atoms with Gasteiger partial charge in [0.05, 0.1) is 16.7 Å². The second-order valence-corrected chi connectivity index (χ2v) is 5.75. The van der Waals surface area contributed by atoms with Gasteiger partial charge in [-0.2, -0.15) is 0 Å². The summed E-state index contributed by atoms with van der Waals surface area (Å²) in [6.07, 6.45) is 1.99. The maximum Gasteiger partial charge on any atom is 0.125 e. The minimum absolute atomic E-state index is 0.280. The van der Waals surface area contributed by atoms with Crippen LogP contribution < -0.4 is 0 Å². The van der Waals surface area contributed by atoms with Crippen molar-refractivity contribution in [3.8, 4) is 11.3 Å². The molecule has 22 heavy (non-hydrogen) atoms. The minimum Gasteiger partial charge on any atom is -0.349 e. The highest BCUT2D eigenvalue weighted by molar-refractivity contribution is 6.30. The molecule has 0 aliphatic rings. The molecule has 2 heterocycles. The first-order valence-electron chi connectivity index (χ1n) is 6.94. The molecule has 108 valence electrons. The van der Waals surface area contributed by atoms with E-state index in [9.17, 15) is 4.39 Å². The number of benzene rings is 2. The van der Waals surface area contributed by atoms with E-state index in [2.05, 4.69) is 0 Å². The van der Waals surface area contributed by atoms with Crippen LogP contribution in [0.2, 0.25) is 5.02 Å². The fourth-order valence-electron chi connectivity index (χ4n) is 2.85. The van der Waals surface area contributed by atoms with Crippen LogP contribution >= 0.6 is 11.6 Å². The van der Waals surface area contributed by atoms with Gasteiger partial charge in [-0.1, -0.05) is 23.7 Å². The Bertz CT molecular complexity index is 1000. The van der Waals surface area contributed by atoms with Crippen molar-refractivity contribution < 1.29 is 4.39 Å². The van der Waals surface area contributed by atoms with Gasteiger partial charge in [0.15, 0.2) is 0 Å². The number of hydrogen-bond acceptors (Lipinski definition) is 1. The number of halogens is 2. The van der Waals surface area contributed by atoms with E-state index in [-0.39, 0.29) is 5.82 Å². The van der Waals surface area contributed by atoms with E-state index >= 15 is 0 Å². The number of rotatable bonds is 1. The van der Waals surface area contributed by atoms with Crippen LogP contribution in [-0.2, 0) is 7.05 Å². The zero-order valence-electron chi connectivity index (χ0n) is 11.8. The second-order valence-electron chi connectivity index (χ2n) is 5.32. The van der Waals surface area contributed by atoms with Gasteiger partial charge in [-0.05, 0) is 30.3 Å². The first kappa shape index (κ1) is 13.3. The molecule has 4 rings (SSSR count). The van der Waals surface area contributed by atoms with Gasteiger partial charge in [-0.15, -0.1) is 0 Å². The van der Waals surface area contributed by atoms with E-state index < -0.39 is 0 Å². The minimum atomic E-state index is -0.280. The summed E-state index contributed by atoms with van der Waals surface area (Å²) in [5.41, 5.74) is 3.48. The number of aromatic nitrogens is 2. The van der Waals surface area contributed by atoms with Crippen LogP contribution in [0.15, 0.2) is 54.7 Å². The fourth-order valence-corrected chi connectivity index (χ4v) is 2.98. The van der Waals surface area contributed by atoms with Gasteiger partial charge in [0.2, 0.25) is 0 Å². The van der Waals surface area contributed by atoms with E-state index in [1.807, 2.05) is 48.1 Å². The lowest BCUT2D eigenvalue weighted by Gasteiger charge is -2.09. The SMILES string of the molecule is Cn1ccc2c3ccc(F)cc3nc(-c3ccc(Cl)cc3)c21. The third-order valence-electron chi connectivity index (χ3n) is 3.90. The predicted molar refractivity (Wildman–Crippen MR) is 88.6 cm³/mol. The molecule has 0 unspecified atom stereocenters. The first-order valence-corrected chi connectivity index (χ1v) is 7.31. The molecule has 2 aromatic heterocycles. The Kier molecular flexibility index (Phi) is 2.91. The summed E-state index contributed by atoms with van der Waals surface area (Å²) in [4.78, 5) is 4.69. The molecule has 0 saturated carbocycles. The van der Waals surface area contributed by atoms with E-state index in [0.717, 1.165) is 27.5 Å². The maximum absolute atomic E-state index is 13.6. The van der Waals surface area contributed by atoms with E-state index in [1.165, 1.54) is 12.1 Å². The smallest absolute Gasteiger partial charge is 0.125 e. The van der Waals surface area contributed by atoms with Crippen molar-refractivity contribution >= 4 is 33.4 Å². The molecule has 0 fully saturated rings. The molecule has 0 spiro atoms. The monoisotopic (exact) mass is 310 g/mol. The Hall–Kier alpha value is -2.39. The zero-order valence-corrected chi connectivity index (χ0v) is 12.6. The molecule has 0 N–H and O–H groups in total. The summed E-state index contributed by atoms with van der Waals surface area (Å²) >= 11 is 5.97. The Labute approximate surface area is 131 Å². The van der Waals surface area contributed by atoms with Crippen LogP contribution in [0, 0.1) is 5.82 Å². The standard InChI is InChI=1S/C18H12ClFN2/c1-22-9-8-15-14-7-6-13(20)10-16(14)21-17(18(15)22)11-2-4-12(19)5-3-11/h2-10H,1H3. The van der Waals surface area contributed by atoms with Gasteiger partial charge in [-0.25, -0.2) is 9.37 Å². The Morgan fingerprint density at radius 3 is 2.55 bits per heavy atom. The lowest BCUT2D eigenvalue weighted by molar-refractivity contribution is 0.629. The topological polar surface area (TPSA) is 17.8 Å². The molecular formula is C18H12ClFN2. The van der Waals surface area contributed by atoms with Crippen LogP contribution in [0.4, 0.5) is 4.39 Å². The fraction of sp³-hybridized carbons (Fsp3) is 0.0556. The van der Waals surface area contributed by atoms with E-state index in [0.29, 0.717) is 10.5 Å². The van der Waals surface area contributed by atoms with Gasteiger partial charge in [-0.3, -0.25) is 0 Å². The van der Waals surface area contributed by atoms with Crippen molar-refractivity contribution in [1.82, 2.24) is 9.55 Å². The van der Waals surface area contributed by atoms with Crippen LogP contribution in [0.1, 0.15) is 0 Å². The van der Waals surface area contributed by atoms with Crippen molar-refractivity contribution in [2.24, 2.45) is 7.05 Å². The highest BCUT2D eigenvalue weighted by atomic mass is 35.5. The van der Waals surface area contributed by atoms with Crippen molar-refractivity contribution in [1.29, 1.82) is 0 Å². The summed E-state index contributed by atoms with van der Waals surface area (Å²) in [5, 5.41) is 2.70. The van der Waals surface area contributed by atoms with E-state index in [1.54, 1.807) is 6.07 Å². The molecule has 0 bridgehead atoms. The van der Waals surface area contributed by atoms with Crippen LogP contribution in [0.5, 0.6) is 0 Å². The Balaban J connectivity index is 2.14. The first-order chi connectivity index (χ1) is 10.6. The van der Waals surface area contributed by atoms with Gasteiger partial charge in [0.25, 0.3) is 0 Å². The van der Waals surface area contributed by atoms with Gasteiger partial charge >= 0.3 is 0 Å². The van der Waals surface area contributed by atoms with Gasteiger partial charge in [0.1, 0.15) is 5.82 Å². The Morgan fingerprint density at radius 2 is 1.77 bits per heavy atom. The number of hydrogen-bond donors (Lipinski definition) is 0. The summed E-state index contributed by atoms with van der Waals surface area (Å²) in [7, 11) is 1.98. The summed E-state index contributed by atoms with van der Waals surface area (Å²) in [6.45, 7) is 0. The summed E-state index contributed by atoms with van der Waals surface area (Å²) in [5.74, 6) is -0.280. The van der Waals surface area contributed by atoms with Crippen molar-refractivity contribution in [2.75, 3.05) is 0 Å². The highest BCUT2D eigenvalue weighted by Crippen LogP contribution is 2.33. The average Bonchev–Trinajstić information content (AvgIpc) is 2.89. The van der Waals surface area contributed by atoms with Crippen LogP contribution in [0.3, 0.4) is 0 Å². The quantitative estimate of drug-likeness (QED) is 0.473. The molecular weight excluding hydrogens is 299 g/mol. The molecule has 2 aromatic carbocycles. The average molecular weight is 311 g/mol. The van der Waals surface area contributed by atoms with Crippen molar-refractivity contribution in [3.63, 3.8) is 0 Å². The number of nitrogens with zero attached hydrogens (tertiary/aromatic N) is 2. The molecule has 0 aliphatic heterocycles. The van der Waals surface area contributed by atoms with Gasteiger partial charge in [0, 0.05) is 40.7 Å². The predicted octanol–water partition coefficient (Wildman–Crippen LogP) is 5.19. The third-order valence-corrected chi connectivity index (χ3v) is 4.15. The van der Waals surface area contributed by atoms with Gasteiger partial charge < -0.3 is 4.57 Å². The van der Waals surface area contributed by atoms with Crippen molar-refractivity contribution in [3.05, 3.63) is 65.6 Å². The molecule has 4 aromatic rings. The molecule has 0 aliphatic carbocycles. The number of aryl methyl sites for hydroxylation is 1. The maximum atomic E-state index is 13.6. The molecule has 0 radical (unpaired) electrons. The molecule has 0 atom stereocenters.